The summed E-state index contributed by atoms with van der Waals surface area (Å²) in [5.74, 6) is 0.795. The minimum Gasteiger partial charge on any atom is -0.198 e. The molecule has 0 aliphatic rings. The van der Waals surface area contributed by atoms with Crippen LogP contribution in [0.2, 0.25) is 0 Å². The first-order chi connectivity index (χ1) is 4.27. The Morgan fingerprint density at radius 1 is 1.33 bits per heavy atom. The number of nitriles is 1. The second kappa shape index (κ2) is 5.62. The summed E-state index contributed by atoms with van der Waals surface area (Å²) < 4.78 is 0. The minimum absolute atomic E-state index is 0.729. The normalized spacial score (nSPS) is 9.56. The molecule has 1 heteroatoms. The minimum atomic E-state index is 0.729. The summed E-state index contributed by atoms with van der Waals surface area (Å²) in [4.78, 5) is 0. The van der Waals surface area contributed by atoms with E-state index in [1.807, 2.05) is 0 Å². The first-order valence-corrected chi connectivity index (χ1v) is 3.64. The average Bonchev–Trinajstić information content (AvgIpc) is 1.80. The lowest BCUT2D eigenvalue weighted by molar-refractivity contribution is 0.541. The molecular weight excluding hydrogens is 110 g/mol. The van der Waals surface area contributed by atoms with Gasteiger partial charge < -0.3 is 0 Å². The maximum atomic E-state index is 8.18. The molecule has 1 nitrogen and oxygen atoms in total. The molecule has 0 radical (unpaired) electrons. The second-order valence-corrected chi connectivity index (χ2v) is 2.80. The van der Waals surface area contributed by atoms with Crippen LogP contribution < -0.4 is 0 Å². The lowest BCUT2D eigenvalue weighted by atomic mass is 10.1. The fourth-order valence-electron chi connectivity index (χ4n) is 0.757. The molecule has 0 unspecified atom stereocenters. The Labute approximate surface area is 57.7 Å². The van der Waals surface area contributed by atoms with Gasteiger partial charge >= 0.3 is 0 Å². The van der Waals surface area contributed by atoms with Crippen molar-refractivity contribution in [3.05, 3.63) is 0 Å². The zero-order valence-electron chi connectivity index (χ0n) is 6.35. The monoisotopic (exact) mass is 125 g/mol. The molecule has 9 heavy (non-hydrogen) atoms. The van der Waals surface area contributed by atoms with Gasteiger partial charge in [-0.1, -0.05) is 26.7 Å². The standard InChI is InChI=1S/C8H15N/c1-8(2)6-4-3-5-7-9/h8H,3-6H2,1-2H3. The van der Waals surface area contributed by atoms with Crippen molar-refractivity contribution in [1.29, 1.82) is 5.26 Å². The van der Waals surface area contributed by atoms with E-state index in [4.69, 9.17) is 5.26 Å². The first-order valence-electron chi connectivity index (χ1n) is 3.64. The van der Waals surface area contributed by atoms with Crippen molar-refractivity contribution < 1.29 is 0 Å². The third-order valence-corrected chi connectivity index (χ3v) is 1.32. The molecule has 0 heterocycles. The molecule has 52 valence electrons. The van der Waals surface area contributed by atoms with Gasteiger partial charge in [0.05, 0.1) is 6.07 Å². The highest BCUT2D eigenvalue weighted by Gasteiger charge is 1.91. The summed E-state index contributed by atoms with van der Waals surface area (Å²) in [7, 11) is 0. The third-order valence-electron chi connectivity index (χ3n) is 1.32. The number of unbranched alkanes of at least 4 members (excludes halogenated alkanes) is 2. The molecule has 0 bridgehead atoms. The van der Waals surface area contributed by atoms with Crippen LogP contribution in [0.3, 0.4) is 0 Å². The molecule has 0 N–H and O–H groups in total. The lowest BCUT2D eigenvalue weighted by Gasteiger charge is -2.00. The van der Waals surface area contributed by atoms with Gasteiger partial charge in [0.25, 0.3) is 0 Å². The fraction of sp³-hybridized carbons (Fsp3) is 0.875. The van der Waals surface area contributed by atoms with Gasteiger partial charge in [-0.15, -0.1) is 0 Å². The Kier molecular flexibility index (Phi) is 5.30. The van der Waals surface area contributed by atoms with E-state index in [1.165, 1.54) is 12.8 Å². The van der Waals surface area contributed by atoms with Crippen molar-refractivity contribution in [2.45, 2.75) is 39.5 Å². The van der Waals surface area contributed by atoms with Crippen molar-refractivity contribution in [1.82, 2.24) is 0 Å². The van der Waals surface area contributed by atoms with E-state index in [0.717, 1.165) is 18.8 Å². The molecule has 0 fully saturated rings. The maximum absolute atomic E-state index is 8.18. The summed E-state index contributed by atoms with van der Waals surface area (Å²) in [6, 6.07) is 2.14. The van der Waals surface area contributed by atoms with Crippen LogP contribution in [0.15, 0.2) is 0 Å². The SMILES string of the molecule is CC(C)CCCCC#N. The quantitative estimate of drug-likeness (QED) is 0.530. The van der Waals surface area contributed by atoms with Crippen molar-refractivity contribution >= 4 is 0 Å². The van der Waals surface area contributed by atoms with Crippen LogP contribution in [0.4, 0.5) is 0 Å². The molecule has 0 saturated heterocycles. The van der Waals surface area contributed by atoms with Crippen molar-refractivity contribution in [2.75, 3.05) is 0 Å². The predicted molar refractivity (Wildman–Crippen MR) is 38.9 cm³/mol. The molecular formula is C8H15N. The van der Waals surface area contributed by atoms with Crippen molar-refractivity contribution in [3.8, 4) is 6.07 Å². The summed E-state index contributed by atoms with van der Waals surface area (Å²) in [6.07, 6.45) is 4.29. The number of hydrogen-bond acceptors (Lipinski definition) is 1. The van der Waals surface area contributed by atoms with Gasteiger partial charge in [0.2, 0.25) is 0 Å². The van der Waals surface area contributed by atoms with E-state index in [0.29, 0.717) is 0 Å². The molecule has 0 aromatic carbocycles. The zero-order valence-corrected chi connectivity index (χ0v) is 6.35. The summed E-state index contributed by atoms with van der Waals surface area (Å²) >= 11 is 0. The van der Waals surface area contributed by atoms with Gasteiger partial charge in [-0.3, -0.25) is 0 Å². The molecule has 0 aromatic rings. The van der Waals surface area contributed by atoms with Crippen LogP contribution in [0.1, 0.15) is 39.5 Å². The maximum Gasteiger partial charge on any atom is 0.0621 e. The highest BCUT2D eigenvalue weighted by molar-refractivity contribution is 4.67. The van der Waals surface area contributed by atoms with Crippen LogP contribution >= 0.6 is 0 Å². The molecule has 0 aliphatic heterocycles. The first kappa shape index (κ1) is 8.49. The Morgan fingerprint density at radius 2 is 2.00 bits per heavy atom. The van der Waals surface area contributed by atoms with E-state index >= 15 is 0 Å². The van der Waals surface area contributed by atoms with Crippen molar-refractivity contribution in [2.24, 2.45) is 5.92 Å². The van der Waals surface area contributed by atoms with Gasteiger partial charge in [0.15, 0.2) is 0 Å². The van der Waals surface area contributed by atoms with Crippen LogP contribution in [0.5, 0.6) is 0 Å². The molecule has 0 amide bonds. The largest absolute Gasteiger partial charge is 0.198 e. The summed E-state index contributed by atoms with van der Waals surface area (Å²) in [5, 5.41) is 8.18. The van der Waals surface area contributed by atoms with Gasteiger partial charge in [-0.2, -0.15) is 5.26 Å². The topological polar surface area (TPSA) is 23.8 Å². The molecule has 0 saturated carbocycles. The Morgan fingerprint density at radius 3 is 2.44 bits per heavy atom. The van der Waals surface area contributed by atoms with Gasteiger partial charge in [-0.05, 0) is 12.3 Å². The summed E-state index contributed by atoms with van der Waals surface area (Å²) in [6.45, 7) is 4.43. The fourth-order valence-corrected chi connectivity index (χ4v) is 0.757. The van der Waals surface area contributed by atoms with Gasteiger partial charge in [-0.25, -0.2) is 0 Å². The predicted octanol–water partition coefficient (Wildman–Crippen LogP) is 2.73. The van der Waals surface area contributed by atoms with E-state index in [1.54, 1.807) is 0 Å². The number of hydrogen-bond donors (Lipinski definition) is 0. The van der Waals surface area contributed by atoms with E-state index in [9.17, 15) is 0 Å². The number of rotatable bonds is 4. The van der Waals surface area contributed by atoms with E-state index < -0.39 is 0 Å². The third kappa shape index (κ3) is 7.49. The second-order valence-electron chi connectivity index (χ2n) is 2.80. The molecule has 0 aromatic heterocycles. The van der Waals surface area contributed by atoms with Crippen LogP contribution in [0.25, 0.3) is 0 Å². The van der Waals surface area contributed by atoms with Gasteiger partial charge in [0.1, 0.15) is 0 Å². The molecule has 0 spiro atoms. The van der Waals surface area contributed by atoms with Crippen LogP contribution in [-0.4, -0.2) is 0 Å². The van der Waals surface area contributed by atoms with E-state index in [2.05, 4.69) is 19.9 Å². The Hall–Kier alpha value is -0.510. The molecule has 0 atom stereocenters. The highest BCUT2D eigenvalue weighted by Crippen LogP contribution is 2.06. The summed E-state index contributed by atoms with van der Waals surface area (Å²) in [5.41, 5.74) is 0. The van der Waals surface area contributed by atoms with Gasteiger partial charge in [0, 0.05) is 6.42 Å². The Balaban J connectivity index is 2.85. The highest BCUT2D eigenvalue weighted by atomic mass is 14.2. The van der Waals surface area contributed by atoms with Crippen molar-refractivity contribution in [3.63, 3.8) is 0 Å². The average molecular weight is 125 g/mol. The molecule has 0 aliphatic carbocycles. The lowest BCUT2D eigenvalue weighted by Crippen LogP contribution is -1.85. The van der Waals surface area contributed by atoms with Crippen LogP contribution in [-0.2, 0) is 0 Å². The molecule has 0 rings (SSSR count). The number of nitrogens with zero attached hydrogens (tertiary/aromatic N) is 1. The Bertz CT molecular complexity index is 89.2. The van der Waals surface area contributed by atoms with E-state index in [-0.39, 0.29) is 0 Å². The van der Waals surface area contributed by atoms with Crippen LogP contribution in [0, 0.1) is 17.2 Å². The smallest absolute Gasteiger partial charge is 0.0621 e. The zero-order chi connectivity index (χ0) is 7.11.